The van der Waals surface area contributed by atoms with Crippen LogP contribution in [0.2, 0.25) is 0 Å². The lowest BCUT2D eigenvalue weighted by Crippen LogP contribution is -2.51. The Balaban J connectivity index is 1.76. The number of quaternary nitrogens is 1. The molecule has 0 bridgehead atoms. The van der Waals surface area contributed by atoms with Crippen molar-refractivity contribution >= 4 is 5.91 Å². The second-order valence-corrected chi connectivity index (χ2v) is 5.43. The normalized spacial score (nSPS) is 18.6. The summed E-state index contributed by atoms with van der Waals surface area (Å²) in [4.78, 5) is 11.8. The fraction of sp³-hybridized carbons (Fsp3) is 0.692. The van der Waals surface area contributed by atoms with Crippen molar-refractivity contribution in [3.8, 4) is 0 Å². The van der Waals surface area contributed by atoms with E-state index < -0.39 is 0 Å². The summed E-state index contributed by atoms with van der Waals surface area (Å²) in [6, 6.07) is 1.66. The molecule has 1 aliphatic rings. The maximum atomic E-state index is 11.8. The summed E-state index contributed by atoms with van der Waals surface area (Å²) < 4.78 is 5.95. The van der Waals surface area contributed by atoms with E-state index in [0.29, 0.717) is 18.0 Å². The maximum absolute atomic E-state index is 11.8. The van der Waals surface area contributed by atoms with Crippen LogP contribution in [0.25, 0.3) is 0 Å². The van der Waals surface area contributed by atoms with E-state index in [9.17, 15) is 4.79 Å². The number of aromatic nitrogens is 1. The average Bonchev–Trinajstić information content (AvgIpc) is 2.76. The molecular weight excluding hydrogens is 230 g/mol. The van der Waals surface area contributed by atoms with E-state index in [0.717, 1.165) is 11.0 Å². The minimum Gasteiger partial charge on any atom is -0.361 e. The first kappa shape index (κ1) is 13.1. The monoisotopic (exact) mass is 252 g/mol. The number of likely N-dealkylation sites (tertiary alicyclic amines) is 1. The van der Waals surface area contributed by atoms with Crippen molar-refractivity contribution in [1.29, 1.82) is 0 Å². The largest absolute Gasteiger partial charge is 0.361 e. The highest BCUT2D eigenvalue weighted by molar-refractivity contribution is 5.92. The van der Waals surface area contributed by atoms with Crippen molar-refractivity contribution in [2.45, 2.75) is 26.2 Å². The first-order chi connectivity index (χ1) is 8.59. The number of carbonyl (C=O) groups is 1. The summed E-state index contributed by atoms with van der Waals surface area (Å²) in [5, 5.41) is 6.61. The number of hydrogen-bond acceptors (Lipinski definition) is 3. The number of aryl methyl sites for hydroxylation is 1. The molecule has 1 amide bonds. The lowest BCUT2D eigenvalue weighted by molar-refractivity contribution is -0.912. The van der Waals surface area contributed by atoms with Crippen LogP contribution in [0, 0.1) is 6.92 Å². The number of piperidine rings is 1. The van der Waals surface area contributed by atoms with E-state index in [2.05, 4.69) is 17.5 Å². The summed E-state index contributed by atoms with van der Waals surface area (Å²) in [7, 11) is 2.27. The molecule has 18 heavy (non-hydrogen) atoms. The third-order valence-electron chi connectivity index (χ3n) is 3.69. The standard InChI is InChI=1S/C13H21N3O2/c1-11-10-12(15-18-11)13(17)14-6-9-16(2)7-4-3-5-8-16/h10H,3-9H2,1-2H3/p+1. The molecule has 5 nitrogen and oxygen atoms in total. The molecule has 0 spiro atoms. The lowest BCUT2D eigenvalue weighted by Gasteiger charge is -2.37. The molecule has 2 rings (SSSR count). The van der Waals surface area contributed by atoms with Gasteiger partial charge in [0.2, 0.25) is 0 Å². The Kier molecular flexibility index (Phi) is 4.01. The van der Waals surface area contributed by atoms with Gasteiger partial charge in [-0.25, -0.2) is 0 Å². The number of nitrogens with zero attached hydrogens (tertiary/aromatic N) is 2. The van der Waals surface area contributed by atoms with Gasteiger partial charge >= 0.3 is 0 Å². The molecule has 2 heterocycles. The Morgan fingerprint density at radius 1 is 1.44 bits per heavy atom. The van der Waals surface area contributed by atoms with Crippen LogP contribution >= 0.6 is 0 Å². The van der Waals surface area contributed by atoms with E-state index in [1.165, 1.54) is 32.4 Å². The SMILES string of the molecule is Cc1cc(C(=O)NCC[N+]2(C)CCCCC2)no1. The Bertz CT molecular complexity index is 408. The molecule has 5 heteroatoms. The molecule has 0 aliphatic carbocycles. The average molecular weight is 252 g/mol. The predicted octanol–water partition coefficient (Wildman–Crippen LogP) is 1.34. The predicted molar refractivity (Wildman–Crippen MR) is 68.2 cm³/mol. The molecule has 1 aromatic rings. The van der Waals surface area contributed by atoms with Crippen molar-refractivity contribution in [2.75, 3.05) is 33.2 Å². The Hall–Kier alpha value is -1.36. The Labute approximate surface area is 108 Å². The topological polar surface area (TPSA) is 55.1 Å². The molecule has 1 aliphatic heterocycles. The molecule has 0 radical (unpaired) electrons. The Morgan fingerprint density at radius 3 is 2.78 bits per heavy atom. The number of likely N-dealkylation sites (N-methyl/N-ethyl adjacent to an activating group) is 1. The zero-order valence-electron chi connectivity index (χ0n) is 11.2. The van der Waals surface area contributed by atoms with Gasteiger partial charge < -0.3 is 14.3 Å². The highest BCUT2D eigenvalue weighted by Gasteiger charge is 2.24. The molecule has 0 atom stereocenters. The first-order valence-corrected chi connectivity index (χ1v) is 6.64. The van der Waals surface area contributed by atoms with Crippen molar-refractivity contribution in [3.05, 3.63) is 17.5 Å². The highest BCUT2D eigenvalue weighted by Crippen LogP contribution is 2.15. The van der Waals surface area contributed by atoms with Gasteiger partial charge in [0.15, 0.2) is 5.69 Å². The second-order valence-electron chi connectivity index (χ2n) is 5.43. The minimum atomic E-state index is -0.143. The Morgan fingerprint density at radius 2 is 2.17 bits per heavy atom. The molecular formula is C13H22N3O2+. The van der Waals surface area contributed by atoms with Crippen LogP contribution in [0.15, 0.2) is 10.6 Å². The quantitative estimate of drug-likeness (QED) is 0.823. The van der Waals surface area contributed by atoms with Crippen LogP contribution in [-0.2, 0) is 0 Å². The van der Waals surface area contributed by atoms with Gasteiger partial charge in [-0.3, -0.25) is 4.79 Å². The van der Waals surface area contributed by atoms with Crippen molar-refractivity contribution in [1.82, 2.24) is 10.5 Å². The molecule has 1 aromatic heterocycles. The lowest BCUT2D eigenvalue weighted by atomic mass is 10.1. The number of amides is 1. The summed E-state index contributed by atoms with van der Waals surface area (Å²) in [6.45, 7) is 5.91. The maximum Gasteiger partial charge on any atom is 0.273 e. The van der Waals surface area contributed by atoms with Gasteiger partial charge in [-0.2, -0.15) is 0 Å². The van der Waals surface area contributed by atoms with Gasteiger partial charge in [0.05, 0.1) is 33.2 Å². The third-order valence-corrected chi connectivity index (χ3v) is 3.69. The van der Waals surface area contributed by atoms with Crippen LogP contribution < -0.4 is 5.32 Å². The van der Waals surface area contributed by atoms with Gasteiger partial charge in [0.25, 0.3) is 5.91 Å². The van der Waals surface area contributed by atoms with E-state index in [1.807, 2.05) is 0 Å². The molecule has 0 aromatic carbocycles. The molecule has 1 saturated heterocycles. The van der Waals surface area contributed by atoms with Gasteiger partial charge in [0, 0.05) is 6.07 Å². The highest BCUT2D eigenvalue weighted by atomic mass is 16.5. The fourth-order valence-corrected chi connectivity index (χ4v) is 2.50. The second kappa shape index (κ2) is 5.52. The van der Waals surface area contributed by atoms with Crippen LogP contribution in [-0.4, -0.2) is 48.8 Å². The number of nitrogens with one attached hydrogen (secondary N) is 1. The van der Waals surface area contributed by atoms with Gasteiger partial charge in [-0.05, 0) is 26.2 Å². The molecule has 0 unspecified atom stereocenters. The van der Waals surface area contributed by atoms with Crippen molar-refractivity contribution < 1.29 is 13.8 Å². The molecule has 100 valence electrons. The smallest absolute Gasteiger partial charge is 0.273 e. The number of carbonyl (C=O) groups excluding carboxylic acids is 1. The minimum absolute atomic E-state index is 0.143. The van der Waals surface area contributed by atoms with Crippen LogP contribution in [0.5, 0.6) is 0 Å². The van der Waals surface area contributed by atoms with Gasteiger partial charge in [-0.1, -0.05) is 5.16 Å². The van der Waals surface area contributed by atoms with Gasteiger partial charge in [-0.15, -0.1) is 0 Å². The van der Waals surface area contributed by atoms with Crippen molar-refractivity contribution in [3.63, 3.8) is 0 Å². The number of hydrogen-bond donors (Lipinski definition) is 1. The van der Waals surface area contributed by atoms with Crippen LogP contribution in [0.4, 0.5) is 0 Å². The zero-order valence-corrected chi connectivity index (χ0v) is 11.2. The fourth-order valence-electron chi connectivity index (χ4n) is 2.50. The van der Waals surface area contributed by atoms with E-state index in [4.69, 9.17) is 4.52 Å². The summed E-state index contributed by atoms with van der Waals surface area (Å²) in [5.74, 6) is 0.519. The third kappa shape index (κ3) is 3.32. The molecule has 1 N–H and O–H groups in total. The molecule has 0 saturated carbocycles. The summed E-state index contributed by atoms with van der Waals surface area (Å²) in [6.07, 6.45) is 3.94. The summed E-state index contributed by atoms with van der Waals surface area (Å²) >= 11 is 0. The van der Waals surface area contributed by atoms with E-state index >= 15 is 0 Å². The first-order valence-electron chi connectivity index (χ1n) is 6.64. The van der Waals surface area contributed by atoms with Crippen molar-refractivity contribution in [2.24, 2.45) is 0 Å². The van der Waals surface area contributed by atoms with Crippen LogP contribution in [0.3, 0.4) is 0 Å². The van der Waals surface area contributed by atoms with Crippen LogP contribution in [0.1, 0.15) is 35.5 Å². The van der Waals surface area contributed by atoms with E-state index in [1.54, 1.807) is 13.0 Å². The van der Waals surface area contributed by atoms with E-state index in [-0.39, 0.29) is 5.91 Å². The number of rotatable bonds is 4. The molecule has 1 fully saturated rings. The zero-order chi connectivity index (χ0) is 13.0. The summed E-state index contributed by atoms with van der Waals surface area (Å²) in [5.41, 5.74) is 0.369. The van der Waals surface area contributed by atoms with Gasteiger partial charge in [0.1, 0.15) is 5.76 Å².